The van der Waals surface area contributed by atoms with Crippen LogP contribution in [0.1, 0.15) is 5.56 Å². The molecule has 1 aromatic carbocycles. The number of hydrogen-bond acceptors (Lipinski definition) is 4. The number of pyridine rings is 1. The van der Waals surface area contributed by atoms with E-state index in [9.17, 15) is 0 Å². The standard InChI is InChI=1S/C13H13N3O/c1-16(6-7-17)13-8-10(9-14)11-4-2-3-5-12(11)15-13/h2-5,8,17H,6-7H2,1H3. The molecular weight excluding hydrogens is 214 g/mol. The number of nitriles is 1. The molecule has 4 nitrogen and oxygen atoms in total. The number of rotatable bonds is 3. The van der Waals surface area contributed by atoms with Crippen molar-refractivity contribution in [3.63, 3.8) is 0 Å². The smallest absolute Gasteiger partial charge is 0.130 e. The molecule has 0 fully saturated rings. The first-order valence-corrected chi connectivity index (χ1v) is 5.38. The van der Waals surface area contributed by atoms with Crippen LogP contribution in [0.2, 0.25) is 0 Å². The van der Waals surface area contributed by atoms with Gasteiger partial charge < -0.3 is 10.0 Å². The van der Waals surface area contributed by atoms with Crippen LogP contribution in [0.15, 0.2) is 30.3 Å². The molecule has 0 aliphatic heterocycles. The lowest BCUT2D eigenvalue weighted by Crippen LogP contribution is -2.22. The highest BCUT2D eigenvalue weighted by molar-refractivity contribution is 5.86. The van der Waals surface area contributed by atoms with Gasteiger partial charge in [-0.3, -0.25) is 0 Å². The maximum Gasteiger partial charge on any atom is 0.130 e. The van der Waals surface area contributed by atoms with Crippen LogP contribution >= 0.6 is 0 Å². The number of aromatic nitrogens is 1. The number of benzene rings is 1. The lowest BCUT2D eigenvalue weighted by Gasteiger charge is -2.17. The van der Waals surface area contributed by atoms with Gasteiger partial charge in [-0.25, -0.2) is 4.98 Å². The summed E-state index contributed by atoms with van der Waals surface area (Å²) in [5, 5.41) is 18.9. The molecule has 0 unspecified atom stereocenters. The van der Waals surface area contributed by atoms with Crippen LogP contribution < -0.4 is 4.90 Å². The molecule has 0 spiro atoms. The molecule has 1 N–H and O–H groups in total. The quantitative estimate of drug-likeness (QED) is 0.864. The van der Waals surface area contributed by atoms with E-state index in [2.05, 4.69) is 11.1 Å². The molecule has 1 heterocycles. The minimum Gasteiger partial charge on any atom is -0.395 e. The second kappa shape index (κ2) is 4.81. The fourth-order valence-corrected chi connectivity index (χ4v) is 1.71. The molecule has 0 radical (unpaired) electrons. The van der Waals surface area contributed by atoms with E-state index < -0.39 is 0 Å². The zero-order chi connectivity index (χ0) is 12.3. The van der Waals surface area contributed by atoms with Crippen LogP contribution in [0.5, 0.6) is 0 Å². The van der Waals surface area contributed by atoms with E-state index in [0.717, 1.165) is 10.9 Å². The molecule has 0 saturated heterocycles. The maximum atomic E-state index is 9.13. The maximum absolute atomic E-state index is 9.13. The highest BCUT2D eigenvalue weighted by Gasteiger charge is 2.07. The molecule has 0 aliphatic carbocycles. The van der Waals surface area contributed by atoms with Crippen molar-refractivity contribution in [3.05, 3.63) is 35.9 Å². The Balaban J connectivity index is 2.57. The Hall–Kier alpha value is -2.12. The number of aliphatic hydroxyl groups is 1. The molecule has 1 aromatic heterocycles. The average Bonchev–Trinajstić information content (AvgIpc) is 2.37. The van der Waals surface area contributed by atoms with Gasteiger partial charge in [-0.05, 0) is 12.1 Å². The minimum atomic E-state index is 0.0624. The second-order valence-electron chi connectivity index (χ2n) is 3.80. The van der Waals surface area contributed by atoms with Crippen molar-refractivity contribution in [2.24, 2.45) is 0 Å². The lowest BCUT2D eigenvalue weighted by molar-refractivity contribution is 0.304. The molecule has 2 rings (SSSR count). The lowest BCUT2D eigenvalue weighted by atomic mass is 10.1. The van der Waals surface area contributed by atoms with Crippen LogP contribution in [0.3, 0.4) is 0 Å². The molecule has 0 amide bonds. The molecule has 0 bridgehead atoms. The summed E-state index contributed by atoms with van der Waals surface area (Å²) in [5.74, 6) is 0.703. The zero-order valence-corrected chi connectivity index (χ0v) is 9.59. The predicted octanol–water partition coefficient (Wildman–Crippen LogP) is 1.53. The van der Waals surface area contributed by atoms with Crippen LogP contribution in [-0.2, 0) is 0 Å². The van der Waals surface area contributed by atoms with Crippen molar-refractivity contribution in [2.75, 3.05) is 25.1 Å². The Bertz CT molecular complexity index is 574. The second-order valence-corrected chi connectivity index (χ2v) is 3.80. The first-order chi connectivity index (χ1) is 8.26. The number of para-hydroxylation sites is 1. The Morgan fingerprint density at radius 2 is 2.18 bits per heavy atom. The van der Waals surface area contributed by atoms with Gasteiger partial charge in [0.15, 0.2) is 0 Å². The largest absolute Gasteiger partial charge is 0.395 e. The van der Waals surface area contributed by atoms with Crippen LogP contribution in [0.25, 0.3) is 10.9 Å². The molecule has 0 aliphatic rings. The zero-order valence-electron chi connectivity index (χ0n) is 9.59. The summed E-state index contributed by atoms with van der Waals surface area (Å²) in [5.41, 5.74) is 1.40. The summed E-state index contributed by atoms with van der Waals surface area (Å²) < 4.78 is 0. The molecule has 0 atom stereocenters. The predicted molar refractivity (Wildman–Crippen MR) is 66.8 cm³/mol. The average molecular weight is 227 g/mol. The summed E-state index contributed by atoms with van der Waals surface area (Å²) in [7, 11) is 1.84. The van der Waals surface area contributed by atoms with E-state index in [4.69, 9.17) is 10.4 Å². The first-order valence-electron chi connectivity index (χ1n) is 5.38. The van der Waals surface area contributed by atoms with Gasteiger partial charge in [-0.2, -0.15) is 5.26 Å². The molecule has 0 saturated carbocycles. The molecular formula is C13H13N3O. The number of nitrogens with zero attached hydrogens (tertiary/aromatic N) is 3. The van der Waals surface area contributed by atoms with E-state index in [-0.39, 0.29) is 6.61 Å². The summed E-state index contributed by atoms with van der Waals surface area (Å²) >= 11 is 0. The summed E-state index contributed by atoms with van der Waals surface area (Å²) in [6.07, 6.45) is 0. The van der Waals surface area contributed by atoms with Crippen molar-refractivity contribution < 1.29 is 5.11 Å². The topological polar surface area (TPSA) is 60.1 Å². The van der Waals surface area contributed by atoms with Crippen LogP contribution in [0.4, 0.5) is 5.82 Å². The van der Waals surface area contributed by atoms with Gasteiger partial charge in [-0.1, -0.05) is 18.2 Å². The summed E-state index contributed by atoms with van der Waals surface area (Å²) in [6.45, 7) is 0.559. The third-order valence-corrected chi connectivity index (χ3v) is 2.65. The summed E-state index contributed by atoms with van der Waals surface area (Å²) in [4.78, 5) is 6.29. The van der Waals surface area contributed by atoms with Gasteiger partial charge in [0.05, 0.1) is 23.8 Å². The van der Waals surface area contributed by atoms with Crippen LogP contribution in [-0.4, -0.2) is 30.3 Å². The Morgan fingerprint density at radius 3 is 2.88 bits per heavy atom. The monoisotopic (exact) mass is 227 g/mol. The number of aliphatic hydroxyl groups excluding tert-OH is 1. The van der Waals surface area contributed by atoms with Crippen molar-refractivity contribution in [1.29, 1.82) is 5.26 Å². The highest BCUT2D eigenvalue weighted by Crippen LogP contribution is 2.21. The number of likely N-dealkylation sites (N-methyl/N-ethyl adjacent to an activating group) is 1. The fourth-order valence-electron chi connectivity index (χ4n) is 1.71. The van der Waals surface area contributed by atoms with E-state index >= 15 is 0 Å². The van der Waals surface area contributed by atoms with Crippen molar-refractivity contribution in [1.82, 2.24) is 4.98 Å². The molecule has 4 heteroatoms. The van der Waals surface area contributed by atoms with E-state index in [1.807, 2.05) is 36.2 Å². The van der Waals surface area contributed by atoms with Crippen molar-refractivity contribution in [3.8, 4) is 6.07 Å². The van der Waals surface area contributed by atoms with Gasteiger partial charge in [0.1, 0.15) is 5.82 Å². The van der Waals surface area contributed by atoms with Gasteiger partial charge in [0.2, 0.25) is 0 Å². The van der Waals surface area contributed by atoms with Crippen LogP contribution in [0, 0.1) is 11.3 Å². The van der Waals surface area contributed by atoms with Gasteiger partial charge >= 0.3 is 0 Å². The van der Waals surface area contributed by atoms with Gasteiger partial charge in [0.25, 0.3) is 0 Å². The van der Waals surface area contributed by atoms with Crippen molar-refractivity contribution >= 4 is 16.7 Å². The molecule has 17 heavy (non-hydrogen) atoms. The van der Waals surface area contributed by atoms with E-state index in [1.54, 1.807) is 6.07 Å². The third-order valence-electron chi connectivity index (χ3n) is 2.65. The fraction of sp³-hybridized carbons (Fsp3) is 0.231. The number of fused-ring (bicyclic) bond motifs is 1. The normalized spacial score (nSPS) is 10.2. The third kappa shape index (κ3) is 2.19. The van der Waals surface area contributed by atoms with Gasteiger partial charge in [0, 0.05) is 19.0 Å². The van der Waals surface area contributed by atoms with Crippen molar-refractivity contribution in [2.45, 2.75) is 0 Å². The Kier molecular flexibility index (Phi) is 3.22. The molecule has 2 aromatic rings. The van der Waals surface area contributed by atoms with Gasteiger partial charge in [-0.15, -0.1) is 0 Å². The first kappa shape index (κ1) is 11.4. The SMILES string of the molecule is CN(CCO)c1cc(C#N)c2ccccc2n1. The highest BCUT2D eigenvalue weighted by atomic mass is 16.3. The Labute approximate surface area is 99.7 Å². The van der Waals surface area contributed by atoms with E-state index in [1.165, 1.54) is 0 Å². The molecule has 86 valence electrons. The number of hydrogen-bond donors (Lipinski definition) is 1. The minimum absolute atomic E-state index is 0.0624. The Morgan fingerprint density at radius 1 is 1.41 bits per heavy atom. The summed E-state index contributed by atoms with van der Waals surface area (Å²) in [6, 6.07) is 11.5. The number of anilines is 1. The van der Waals surface area contributed by atoms with E-state index in [0.29, 0.717) is 17.9 Å².